The number of aryl methyl sites for hydroxylation is 1. The van der Waals surface area contributed by atoms with E-state index in [4.69, 9.17) is 9.26 Å². The number of aromatic nitrogens is 2. The van der Waals surface area contributed by atoms with Crippen LogP contribution in [0.15, 0.2) is 33.7 Å². The molecule has 24 heavy (non-hydrogen) atoms. The molecule has 0 aliphatic rings. The van der Waals surface area contributed by atoms with Gasteiger partial charge in [0, 0.05) is 12.5 Å². The molecule has 2 rings (SSSR count). The van der Waals surface area contributed by atoms with Crippen LogP contribution in [0.2, 0.25) is 0 Å². The van der Waals surface area contributed by atoms with Gasteiger partial charge in [0.1, 0.15) is 0 Å². The van der Waals surface area contributed by atoms with Gasteiger partial charge >= 0.3 is 5.97 Å². The van der Waals surface area contributed by atoms with Crippen molar-refractivity contribution >= 4 is 16.0 Å². The van der Waals surface area contributed by atoms with E-state index in [0.29, 0.717) is 12.2 Å². The maximum Gasteiger partial charge on any atom is 0.338 e. The van der Waals surface area contributed by atoms with E-state index in [0.717, 1.165) is 0 Å². The Hall–Kier alpha value is -2.26. The van der Waals surface area contributed by atoms with Crippen molar-refractivity contribution in [3.8, 4) is 0 Å². The number of hydrogen-bond donors (Lipinski definition) is 1. The zero-order valence-corrected chi connectivity index (χ0v) is 14.5. The fourth-order valence-corrected chi connectivity index (χ4v) is 3.10. The normalized spacial score (nSPS) is 11.7. The van der Waals surface area contributed by atoms with Crippen LogP contribution in [0.5, 0.6) is 0 Å². The van der Waals surface area contributed by atoms with Crippen LogP contribution in [0.3, 0.4) is 0 Å². The van der Waals surface area contributed by atoms with E-state index in [1.54, 1.807) is 13.8 Å². The summed E-state index contributed by atoms with van der Waals surface area (Å²) in [7, 11) is -3.59. The molecule has 0 fully saturated rings. The second kappa shape index (κ2) is 7.54. The van der Waals surface area contributed by atoms with Gasteiger partial charge in [0.15, 0.2) is 12.4 Å². The summed E-state index contributed by atoms with van der Waals surface area (Å²) in [5.74, 6) is 0.140. The molecule has 8 nitrogen and oxygen atoms in total. The van der Waals surface area contributed by atoms with Gasteiger partial charge in [-0.3, -0.25) is 0 Å². The Morgan fingerprint density at radius 2 is 1.96 bits per heavy atom. The van der Waals surface area contributed by atoms with Crippen LogP contribution >= 0.6 is 0 Å². The number of nitrogens with one attached hydrogen (secondary N) is 1. The number of rotatable bonds is 7. The Balaban J connectivity index is 2.00. The molecule has 0 spiro atoms. The first-order valence-corrected chi connectivity index (χ1v) is 8.91. The monoisotopic (exact) mass is 353 g/mol. The lowest BCUT2D eigenvalue weighted by Gasteiger charge is -2.09. The van der Waals surface area contributed by atoms with E-state index in [-0.39, 0.29) is 29.0 Å². The Kier molecular flexibility index (Phi) is 5.68. The Morgan fingerprint density at radius 1 is 1.29 bits per heavy atom. The van der Waals surface area contributed by atoms with Gasteiger partial charge in [0.05, 0.1) is 10.5 Å². The summed E-state index contributed by atoms with van der Waals surface area (Å²) in [6.07, 6.45) is 0.623. The van der Waals surface area contributed by atoms with Crippen molar-refractivity contribution in [3.05, 3.63) is 41.5 Å². The SMILES string of the molecule is CCc1noc(COC(=O)c2ccc(S(=O)(=O)NC(C)C)cc2)n1. The van der Waals surface area contributed by atoms with E-state index in [9.17, 15) is 13.2 Å². The number of esters is 1. The lowest BCUT2D eigenvalue weighted by Crippen LogP contribution is -2.30. The number of nitrogens with zero attached hydrogens (tertiary/aromatic N) is 2. The predicted molar refractivity (Wildman–Crippen MR) is 84.7 cm³/mol. The lowest BCUT2D eigenvalue weighted by atomic mass is 10.2. The van der Waals surface area contributed by atoms with Gasteiger partial charge in [-0.15, -0.1) is 0 Å². The minimum atomic E-state index is -3.59. The zero-order chi connectivity index (χ0) is 17.7. The average Bonchev–Trinajstić information content (AvgIpc) is 2.99. The van der Waals surface area contributed by atoms with Crippen molar-refractivity contribution in [1.29, 1.82) is 0 Å². The standard InChI is InChI=1S/C15H19N3O5S/c1-4-13-16-14(23-17-13)9-22-15(19)11-5-7-12(8-6-11)24(20,21)18-10(2)3/h5-8,10,18H,4,9H2,1-3H3. The molecular weight excluding hydrogens is 334 g/mol. The lowest BCUT2D eigenvalue weighted by molar-refractivity contribution is 0.0429. The molecule has 0 aliphatic heterocycles. The molecule has 1 N–H and O–H groups in total. The molecule has 0 aliphatic carbocycles. The van der Waals surface area contributed by atoms with E-state index in [1.807, 2.05) is 6.92 Å². The predicted octanol–water partition coefficient (Wildman–Crippen LogP) is 1.68. The highest BCUT2D eigenvalue weighted by atomic mass is 32.2. The third-order valence-electron chi connectivity index (χ3n) is 2.94. The molecule has 0 amide bonds. The third-order valence-corrected chi connectivity index (χ3v) is 4.62. The van der Waals surface area contributed by atoms with Crippen molar-refractivity contribution in [2.75, 3.05) is 0 Å². The highest BCUT2D eigenvalue weighted by Crippen LogP contribution is 2.12. The number of carbonyl (C=O) groups is 1. The van der Waals surface area contributed by atoms with E-state index < -0.39 is 16.0 Å². The second-order valence-electron chi connectivity index (χ2n) is 5.33. The van der Waals surface area contributed by atoms with Gasteiger partial charge in [-0.2, -0.15) is 4.98 Å². The van der Waals surface area contributed by atoms with Crippen LogP contribution in [0.4, 0.5) is 0 Å². The van der Waals surface area contributed by atoms with Gasteiger partial charge in [0.25, 0.3) is 5.89 Å². The minimum Gasteiger partial charge on any atom is -0.452 e. The van der Waals surface area contributed by atoms with E-state index in [2.05, 4.69) is 14.9 Å². The van der Waals surface area contributed by atoms with E-state index >= 15 is 0 Å². The molecule has 0 unspecified atom stereocenters. The maximum atomic E-state index is 12.0. The van der Waals surface area contributed by atoms with Crippen molar-refractivity contribution in [2.45, 2.75) is 44.7 Å². The zero-order valence-electron chi connectivity index (χ0n) is 13.6. The summed E-state index contributed by atoms with van der Waals surface area (Å²) in [5.41, 5.74) is 0.230. The summed E-state index contributed by atoms with van der Waals surface area (Å²) in [6, 6.07) is 5.26. The van der Waals surface area contributed by atoms with Crippen LogP contribution in [0, 0.1) is 0 Å². The summed E-state index contributed by atoms with van der Waals surface area (Å²) in [4.78, 5) is 16.1. The summed E-state index contributed by atoms with van der Waals surface area (Å²) in [5, 5.41) is 3.70. The summed E-state index contributed by atoms with van der Waals surface area (Å²) in [6.45, 7) is 5.20. The molecule has 1 aromatic carbocycles. The van der Waals surface area contributed by atoms with Crippen molar-refractivity contribution < 1.29 is 22.5 Å². The number of ether oxygens (including phenoxy) is 1. The molecule has 0 saturated heterocycles. The summed E-state index contributed by atoms with van der Waals surface area (Å²) >= 11 is 0. The maximum absolute atomic E-state index is 12.0. The first-order valence-electron chi connectivity index (χ1n) is 7.42. The highest BCUT2D eigenvalue weighted by molar-refractivity contribution is 7.89. The smallest absolute Gasteiger partial charge is 0.338 e. The van der Waals surface area contributed by atoms with Gasteiger partial charge in [-0.25, -0.2) is 17.9 Å². The topological polar surface area (TPSA) is 111 Å². The largest absolute Gasteiger partial charge is 0.452 e. The molecule has 2 aromatic rings. The van der Waals surface area contributed by atoms with Crippen molar-refractivity contribution in [2.24, 2.45) is 0 Å². The quantitative estimate of drug-likeness (QED) is 0.754. The van der Waals surface area contributed by atoms with E-state index in [1.165, 1.54) is 24.3 Å². The molecule has 1 aromatic heterocycles. The molecule has 1 heterocycles. The molecule has 0 saturated carbocycles. The van der Waals surface area contributed by atoms with Crippen LogP contribution in [-0.4, -0.2) is 30.6 Å². The van der Waals surface area contributed by atoms with Crippen LogP contribution in [-0.2, 0) is 27.8 Å². The number of benzene rings is 1. The molecule has 130 valence electrons. The molecular formula is C15H19N3O5S. The van der Waals surface area contributed by atoms with Gasteiger partial charge in [0.2, 0.25) is 10.0 Å². The fraction of sp³-hybridized carbons (Fsp3) is 0.400. The number of carbonyl (C=O) groups excluding carboxylic acids is 1. The molecule has 0 atom stereocenters. The number of hydrogen-bond acceptors (Lipinski definition) is 7. The third kappa shape index (κ3) is 4.62. The molecule has 0 bridgehead atoms. The average molecular weight is 353 g/mol. The van der Waals surface area contributed by atoms with Crippen molar-refractivity contribution in [1.82, 2.24) is 14.9 Å². The summed E-state index contributed by atoms with van der Waals surface area (Å²) < 4.78 is 36.5. The second-order valence-corrected chi connectivity index (χ2v) is 7.05. The van der Waals surface area contributed by atoms with Crippen molar-refractivity contribution in [3.63, 3.8) is 0 Å². The Morgan fingerprint density at radius 3 is 2.50 bits per heavy atom. The molecule has 9 heteroatoms. The van der Waals surface area contributed by atoms with Gasteiger partial charge in [-0.1, -0.05) is 12.1 Å². The fourth-order valence-electron chi connectivity index (χ4n) is 1.85. The first kappa shape index (κ1) is 18.1. The minimum absolute atomic E-state index is 0.0808. The Bertz CT molecular complexity index is 797. The highest BCUT2D eigenvalue weighted by Gasteiger charge is 2.17. The first-order chi connectivity index (χ1) is 11.3. The van der Waals surface area contributed by atoms with Crippen LogP contribution in [0.25, 0.3) is 0 Å². The molecule has 0 radical (unpaired) electrons. The number of sulfonamides is 1. The van der Waals surface area contributed by atoms with Gasteiger partial charge < -0.3 is 9.26 Å². The van der Waals surface area contributed by atoms with Gasteiger partial charge in [-0.05, 0) is 38.1 Å². The van der Waals surface area contributed by atoms with Crippen LogP contribution in [0.1, 0.15) is 42.8 Å². The Labute approximate surface area is 140 Å². The van der Waals surface area contributed by atoms with Crippen LogP contribution < -0.4 is 4.72 Å².